The minimum Gasteiger partial charge on any atom is -0.657 e. The molecule has 6 aromatic heterocycles. The Morgan fingerprint density at radius 2 is 0.521 bits per heavy atom. The number of ether oxygens (including phenoxy) is 8. The molecular weight excluding hydrogens is 1920 g/mol. The van der Waals surface area contributed by atoms with Crippen molar-refractivity contribution in [3.8, 4) is 104 Å². The molecule has 0 fully saturated rings. The first-order valence-electron chi connectivity index (χ1n) is 46.6. The van der Waals surface area contributed by atoms with Crippen LogP contribution in [0.25, 0.3) is 133 Å². The quantitative estimate of drug-likeness (QED) is 0.0206. The van der Waals surface area contributed by atoms with Crippen molar-refractivity contribution in [2.75, 3.05) is 56.9 Å². The molecule has 0 atom stereocenters. The molecule has 0 spiro atoms. The zero-order valence-electron chi connectivity index (χ0n) is 84.4. The van der Waals surface area contributed by atoms with Crippen LogP contribution < -0.4 is 19.9 Å². The molecule has 1 N–H and O–H groups in total. The number of methoxy groups -OCH3 is 8. The minimum absolute atomic E-state index is 0. The maximum absolute atomic E-state index is 13.5. The number of carbonyl (C=O) groups excluding carboxylic acids is 8. The van der Waals surface area contributed by atoms with E-state index in [1.54, 1.807) is 13.8 Å². The van der Waals surface area contributed by atoms with E-state index in [0.29, 0.717) is 223 Å². The molecular formula is C117H108N8O17Zn2. The number of esters is 8. The summed E-state index contributed by atoms with van der Waals surface area (Å²) in [6.45, 7) is 18.7. The van der Waals surface area contributed by atoms with E-state index < -0.39 is 53.4 Å². The first-order chi connectivity index (χ1) is 68.2. The van der Waals surface area contributed by atoms with E-state index in [9.17, 15) is 43.5 Å². The molecule has 27 heteroatoms. The number of nitrogens with zero attached hydrogens (tertiary/aromatic N) is 8. The van der Waals surface area contributed by atoms with Gasteiger partial charge in [-0.2, -0.15) is 0 Å². The molecule has 0 amide bonds. The number of benzene rings is 4. The second-order valence-electron chi connectivity index (χ2n) is 35.3. The third kappa shape index (κ3) is 23.9. The van der Waals surface area contributed by atoms with E-state index in [0.717, 1.165) is 22.3 Å². The Hall–Kier alpha value is -15.2. The van der Waals surface area contributed by atoms with Crippen molar-refractivity contribution in [1.29, 1.82) is 0 Å². The summed E-state index contributed by atoms with van der Waals surface area (Å²) in [7, 11) is 10.7. The number of aliphatic hydroxyl groups is 1. The number of aromatic nitrogens is 8. The summed E-state index contributed by atoms with van der Waals surface area (Å²) in [6.07, 6.45) is 7.47. The van der Waals surface area contributed by atoms with Crippen molar-refractivity contribution in [2.24, 2.45) is 0 Å². The Morgan fingerprint density at radius 3 is 0.736 bits per heavy atom. The first kappa shape index (κ1) is 108. The van der Waals surface area contributed by atoms with Gasteiger partial charge in [0.25, 0.3) is 0 Å². The number of hydrogen-bond acceptors (Lipinski definition) is 21. The maximum Gasteiger partial charge on any atom is 2.00 e. The van der Waals surface area contributed by atoms with Gasteiger partial charge in [-0.05, 0) is 282 Å². The van der Waals surface area contributed by atoms with Gasteiger partial charge in [-0.3, -0.25) is 38.4 Å². The van der Waals surface area contributed by atoms with Crippen LogP contribution in [-0.2, 0) is 141 Å². The number of carbonyl (C=O) groups is 8. The van der Waals surface area contributed by atoms with Gasteiger partial charge in [-0.15, -0.1) is 50.6 Å². The normalized spacial score (nSPS) is 11.9. The SMILES string of the molecule is C#Cc1cccc(-c2c3nc(cc4[n-]c(c(C)c4CCC(=O)OC)c(-c4cccc(C#CC#Cc5cccc(-c6c7nc(cc8[n-]c(c(C)c8CCC(=O)OC)c(-c8cccc(C#CC#CC(C)(C)O)c8)c8nc(cc9[n-]c6c(C)c9CCC(=O)OC)C(CCC(=O)OC)=C8C)C(CCC(=O)OC)=C7C)c5)c4)c4nc(cc5[n-]c2c(C)c5CCC(=O)OC)C(CCC(=O)OC)=C4C)C(CCC(=O)OC)=C3C)c1.[Zn+2].[Zn+2]. The molecule has 10 heterocycles. The molecule has 0 aliphatic carbocycles. The summed E-state index contributed by atoms with van der Waals surface area (Å²) < 4.78 is 42.2. The fraction of sp³-hybridized carbons (Fsp3) is 0.299. The smallest absolute Gasteiger partial charge is 0.657 e. The van der Waals surface area contributed by atoms with Crippen LogP contribution in [0, 0.1) is 87.4 Å². The third-order valence-corrected chi connectivity index (χ3v) is 26.1. The van der Waals surface area contributed by atoms with Gasteiger partial charge in [0.2, 0.25) is 0 Å². The van der Waals surface area contributed by atoms with Crippen molar-refractivity contribution < 1.29 is 120 Å². The van der Waals surface area contributed by atoms with Crippen LogP contribution in [0.3, 0.4) is 0 Å². The average molecular weight is 2030 g/mol. The predicted molar refractivity (Wildman–Crippen MR) is 548 cm³/mol. The summed E-state index contributed by atoms with van der Waals surface area (Å²) >= 11 is 0. The molecule has 4 aliphatic heterocycles. The second kappa shape index (κ2) is 47.6. The standard InChI is InChI=1S/C117H108N8O17.2Zn/c1-20-73-32-25-36-77(57-73)105-109-65(2)81(40-48-97(126)135-12)89(118-109)61-91-83(42-50-99(128)137-14)67(4)111(120-91)106(112-68(5)84(43-51-100(129)138-15)92(121-112)62-90-82(41-49-98(127)136-13)66(3)110(105)119-90)78-37-26-33-74(58-78)29-21-22-30-75-34-27-38-79(59-75)107-113-69(6)85(44-52-101(130)139-16)93(122-113)63-95-87(46-54-103(132)141-18)71(8)115(124-95)108(80-39-28-35-76(60-80)31-23-24-56-117(10,11)134)116-72(9)88(47-55-104(133)142-19)96(125-116)64-94-86(45-53-102(131)140-17)70(7)114(107)123-94;;/h1,25-28,32-39,57-64,134H,40-55H2,2-19H3;;/q-4;2*+2. The number of rotatable bonds is 28. The van der Waals surface area contributed by atoms with Crippen molar-refractivity contribution >= 4 is 136 Å². The fourth-order valence-corrected chi connectivity index (χ4v) is 18.5. The maximum atomic E-state index is 13.5. The number of fused-ring (bicyclic) bond motifs is 16. The molecule has 10 aromatic rings. The predicted octanol–water partition coefficient (Wildman–Crippen LogP) is 18.8. The van der Waals surface area contributed by atoms with Gasteiger partial charge in [0.05, 0.1) is 102 Å². The Bertz CT molecular complexity index is 7740. The van der Waals surface area contributed by atoms with Crippen molar-refractivity contribution in [1.82, 2.24) is 39.9 Å². The van der Waals surface area contributed by atoms with Gasteiger partial charge in [0.15, 0.2) is 0 Å². The summed E-state index contributed by atoms with van der Waals surface area (Å²) in [5.41, 5.74) is 25.2. The van der Waals surface area contributed by atoms with Gasteiger partial charge in [0.1, 0.15) is 5.60 Å². The molecule has 144 heavy (non-hydrogen) atoms. The Morgan fingerprint density at radius 1 is 0.312 bits per heavy atom. The number of terminal acetylenes is 1. The molecule has 25 nitrogen and oxygen atoms in total. The second-order valence-corrected chi connectivity index (χ2v) is 35.3. The van der Waals surface area contributed by atoms with E-state index in [1.807, 2.05) is 177 Å². The molecule has 0 saturated heterocycles. The molecule has 4 aliphatic rings. The van der Waals surface area contributed by atoms with Gasteiger partial charge >= 0.3 is 86.7 Å². The van der Waals surface area contributed by atoms with Gasteiger partial charge in [-0.1, -0.05) is 147 Å². The van der Waals surface area contributed by atoms with Gasteiger partial charge in [-0.25, -0.2) is 19.9 Å². The summed E-state index contributed by atoms with van der Waals surface area (Å²) in [4.78, 5) is 152. The van der Waals surface area contributed by atoms with Crippen LogP contribution in [-0.4, -0.2) is 135 Å². The van der Waals surface area contributed by atoms with Crippen LogP contribution in [0.5, 0.6) is 0 Å². The van der Waals surface area contributed by atoms with Gasteiger partial charge in [0, 0.05) is 73.6 Å². The van der Waals surface area contributed by atoms with Crippen molar-refractivity contribution in [3.05, 3.63) is 234 Å². The molecule has 722 valence electrons. The van der Waals surface area contributed by atoms with Crippen LogP contribution >= 0.6 is 0 Å². The van der Waals surface area contributed by atoms with Crippen molar-refractivity contribution in [2.45, 2.75) is 178 Å². The van der Waals surface area contributed by atoms with E-state index in [-0.39, 0.29) is 142 Å². The topological polar surface area (TPSA) is 339 Å². The van der Waals surface area contributed by atoms with E-state index in [2.05, 4.69) is 53.3 Å². The van der Waals surface area contributed by atoms with E-state index in [4.69, 9.17) is 84.2 Å². The third-order valence-electron chi connectivity index (χ3n) is 26.1. The Balaban J connectivity index is 0.00000924. The summed E-state index contributed by atoms with van der Waals surface area (Å²) in [5, 5.41) is 10.4. The molecule has 0 saturated carbocycles. The zero-order valence-corrected chi connectivity index (χ0v) is 90.3. The first-order valence-corrected chi connectivity index (χ1v) is 46.6. The van der Waals surface area contributed by atoms with Crippen LogP contribution in [0.15, 0.2) is 121 Å². The monoisotopic (exact) mass is 2020 g/mol. The molecule has 4 aromatic carbocycles. The molecule has 0 radical (unpaired) electrons. The summed E-state index contributed by atoms with van der Waals surface area (Å²) in [6, 6.07) is 37.9. The van der Waals surface area contributed by atoms with E-state index >= 15 is 0 Å². The van der Waals surface area contributed by atoms with Crippen LogP contribution in [0.4, 0.5) is 0 Å². The number of aryl methyl sites for hydroxylation is 8. The fourth-order valence-electron chi connectivity index (χ4n) is 18.5. The Labute approximate surface area is 863 Å². The molecule has 14 rings (SSSR count). The Kier molecular flexibility index (Phi) is 35.6. The van der Waals surface area contributed by atoms with Crippen LogP contribution in [0.2, 0.25) is 0 Å². The largest absolute Gasteiger partial charge is 2.00 e. The number of allylic oxidation sites excluding steroid dienone is 8. The summed E-state index contributed by atoms with van der Waals surface area (Å²) in [5.74, 6) is 23.8. The minimum atomic E-state index is -1.29. The average Bonchev–Trinajstić information content (AvgIpc) is 1.59. The molecule has 0 unspecified atom stereocenters. The van der Waals surface area contributed by atoms with Gasteiger partial charge < -0.3 is 62.9 Å². The molecule has 16 bridgehead atoms. The zero-order chi connectivity index (χ0) is 102. The van der Waals surface area contributed by atoms with E-state index in [1.165, 1.54) is 56.9 Å². The number of hydrogen-bond donors (Lipinski definition) is 1. The van der Waals surface area contributed by atoms with Crippen molar-refractivity contribution in [3.63, 3.8) is 0 Å². The van der Waals surface area contributed by atoms with Crippen LogP contribution in [0.1, 0.15) is 231 Å².